The summed E-state index contributed by atoms with van der Waals surface area (Å²) in [5.74, 6) is 0.106. The third-order valence-corrected chi connectivity index (χ3v) is 6.63. The molecular weight excluding hydrogens is 417 g/mol. The van der Waals surface area contributed by atoms with E-state index in [0.29, 0.717) is 0 Å². The number of rotatable bonds is 4. The molecular formula is C16H17BiO. The van der Waals surface area contributed by atoms with Crippen molar-refractivity contribution < 1.29 is 4.79 Å². The van der Waals surface area contributed by atoms with Crippen LogP contribution in [-0.4, -0.2) is 27.5 Å². The molecule has 0 saturated heterocycles. The first-order valence-corrected chi connectivity index (χ1v) is 15.4. The van der Waals surface area contributed by atoms with E-state index in [0.717, 1.165) is 11.1 Å². The molecule has 0 spiro atoms. The van der Waals surface area contributed by atoms with E-state index >= 15 is 0 Å². The Labute approximate surface area is 117 Å². The Hall–Kier alpha value is -1.01. The summed E-state index contributed by atoms with van der Waals surface area (Å²) in [5, 5.41) is 0. The van der Waals surface area contributed by atoms with Crippen LogP contribution in [0.5, 0.6) is 0 Å². The fraction of sp³-hybridized carbons (Fsp3) is 0.188. The van der Waals surface area contributed by atoms with E-state index in [4.69, 9.17) is 0 Å². The summed E-state index contributed by atoms with van der Waals surface area (Å²) in [6.07, 6.45) is 0. The van der Waals surface area contributed by atoms with E-state index in [1.54, 1.807) is 0 Å². The number of benzene rings is 2. The zero-order chi connectivity index (χ0) is 13.0. The third-order valence-electron chi connectivity index (χ3n) is 2.75. The van der Waals surface area contributed by atoms with E-state index in [-0.39, 0.29) is 5.78 Å². The Morgan fingerprint density at radius 1 is 0.889 bits per heavy atom. The molecule has 0 radical (unpaired) electrons. The van der Waals surface area contributed by atoms with Gasteiger partial charge in [-0.15, -0.1) is 0 Å². The van der Waals surface area contributed by atoms with Crippen LogP contribution < -0.4 is 0 Å². The second kappa shape index (κ2) is 6.25. The maximum atomic E-state index is 12.2. The summed E-state index contributed by atoms with van der Waals surface area (Å²) in [4.78, 5) is 12.2. The molecule has 0 aliphatic heterocycles. The van der Waals surface area contributed by atoms with Gasteiger partial charge in [-0.25, -0.2) is 0 Å². The topological polar surface area (TPSA) is 17.1 Å². The van der Waals surface area contributed by atoms with Crippen LogP contribution in [0.25, 0.3) is 0 Å². The summed E-state index contributed by atoms with van der Waals surface area (Å²) < 4.78 is 6.06. The molecule has 0 unspecified atom stereocenters. The second-order valence-electron chi connectivity index (χ2n) is 4.63. The molecule has 0 fully saturated rings. The van der Waals surface area contributed by atoms with Crippen LogP contribution in [0.15, 0.2) is 54.6 Å². The van der Waals surface area contributed by atoms with Crippen molar-refractivity contribution in [2.45, 2.75) is 13.4 Å². The van der Waals surface area contributed by atoms with Gasteiger partial charge in [0.2, 0.25) is 0 Å². The molecule has 0 N–H and O–H groups in total. The van der Waals surface area contributed by atoms with Gasteiger partial charge in [-0.2, -0.15) is 0 Å². The molecule has 2 aromatic carbocycles. The average Bonchev–Trinajstić information content (AvgIpc) is 2.39. The van der Waals surface area contributed by atoms with Crippen LogP contribution in [0.4, 0.5) is 0 Å². The van der Waals surface area contributed by atoms with Gasteiger partial charge in [0.05, 0.1) is 0 Å². The molecule has 2 aromatic rings. The Kier molecular flexibility index (Phi) is 4.66. The van der Waals surface area contributed by atoms with E-state index < -0.39 is 21.8 Å². The van der Waals surface area contributed by atoms with Crippen molar-refractivity contribution in [3.8, 4) is 0 Å². The van der Waals surface area contributed by atoms with Crippen molar-refractivity contribution in [1.82, 2.24) is 0 Å². The van der Waals surface area contributed by atoms with Gasteiger partial charge in [0, 0.05) is 0 Å². The maximum absolute atomic E-state index is 12.2. The normalized spacial score (nSPS) is 10.6. The zero-order valence-corrected chi connectivity index (χ0v) is 14.2. The van der Waals surface area contributed by atoms with E-state index in [9.17, 15) is 4.79 Å². The van der Waals surface area contributed by atoms with Crippen LogP contribution in [0.1, 0.15) is 21.5 Å². The molecule has 0 heterocycles. The zero-order valence-electron chi connectivity index (χ0n) is 10.8. The van der Waals surface area contributed by atoms with Gasteiger partial charge in [0.25, 0.3) is 0 Å². The first-order chi connectivity index (χ1) is 8.66. The summed E-state index contributed by atoms with van der Waals surface area (Å²) in [7, 11) is 0. The van der Waals surface area contributed by atoms with Crippen molar-refractivity contribution in [2.24, 2.45) is 0 Å². The van der Waals surface area contributed by atoms with Gasteiger partial charge in [0.1, 0.15) is 0 Å². The van der Waals surface area contributed by atoms with E-state index in [1.165, 1.54) is 9.69 Å². The number of hydrogen-bond donors (Lipinski definition) is 0. The van der Waals surface area contributed by atoms with Crippen LogP contribution in [-0.2, 0) is 4.13 Å². The van der Waals surface area contributed by atoms with Crippen molar-refractivity contribution in [1.29, 1.82) is 0 Å². The molecule has 2 rings (SSSR count). The predicted octanol–water partition coefficient (Wildman–Crippen LogP) is 3.75. The summed E-state index contributed by atoms with van der Waals surface area (Å²) >= 11 is -1.15. The number of ketones is 1. The molecule has 0 atom stereocenters. The molecule has 0 saturated carbocycles. The minimum atomic E-state index is -1.15. The molecule has 0 aliphatic carbocycles. The molecule has 0 aromatic heterocycles. The Morgan fingerprint density at radius 2 is 1.44 bits per heavy atom. The van der Waals surface area contributed by atoms with Gasteiger partial charge in [0.15, 0.2) is 0 Å². The van der Waals surface area contributed by atoms with Crippen LogP contribution in [0.3, 0.4) is 0 Å². The molecule has 18 heavy (non-hydrogen) atoms. The first-order valence-electron chi connectivity index (χ1n) is 6.00. The number of carbonyl (C=O) groups is 1. The van der Waals surface area contributed by atoms with E-state index in [2.05, 4.69) is 21.4 Å². The van der Waals surface area contributed by atoms with Crippen molar-refractivity contribution in [2.75, 3.05) is 0 Å². The Bertz CT molecular complexity index is 515. The van der Waals surface area contributed by atoms with Crippen molar-refractivity contribution in [3.63, 3.8) is 0 Å². The monoisotopic (exact) mass is 434 g/mol. The summed E-state index contributed by atoms with van der Waals surface area (Å²) in [6, 6.07) is 17.6. The predicted molar refractivity (Wildman–Crippen MR) is 77.5 cm³/mol. The SMILES string of the molecule is [CH3][Bi]([CH3])[CH2]c1ccc(C(=O)c2ccccc2)cc1. The molecule has 0 aliphatic rings. The molecule has 0 amide bonds. The second-order valence-corrected chi connectivity index (χ2v) is 14.3. The molecule has 2 heteroatoms. The first kappa shape index (κ1) is 13.4. The number of carbonyl (C=O) groups excluding carboxylic acids is 1. The molecule has 1 nitrogen and oxygen atoms in total. The quantitative estimate of drug-likeness (QED) is 0.529. The van der Waals surface area contributed by atoms with Gasteiger partial charge in [-0.3, -0.25) is 0 Å². The number of hydrogen-bond acceptors (Lipinski definition) is 1. The standard InChI is InChI=1S/C14H11O.2CH3.Bi/c1-11-7-9-13(10-8-11)14(15)12-5-3-2-4-6-12;;;/h2-10H,1H2;2*1H3;. The van der Waals surface area contributed by atoms with Crippen LogP contribution >= 0.6 is 0 Å². The van der Waals surface area contributed by atoms with Crippen LogP contribution in [0, 0.1) is 0 Å². The van der Waals surface area contributed by atoms with Gasteiger partial charge in [-0.05, 0) is 0 Å². The average molecular weight is 434 g/mol. The van der Waals surface area contributed by atoms with Gasteiger partial charge >= 0.3 is 117 Å². The van der Waals surface area contributed by atoms with Gasteiger partial charge in [-0.1, -0.05) is 0 Å². The molecule has 92 valence electrons. The van der Waals surface area contributed by atoms with Crippen molar-refractivity contribution in [3.05, 3.63) is 71.3 Å². The minimum absolute atomic E-state index is 0.106. The summed E-state index contributed by atoms with van der Waals surface area (Å²) in [5.41, 5.74) is 2.92. The summed E-state index contributed by atoms with van der Waals surface area (Å²) in [6.45, 7) is 0. The van der Waals surface area contributed by atoms with Gasteiger partial charge < -0.3 is 0 Å². The Morgan fingerprint density at radius 3 is 2.00 bits per heavy atom. The fourth-order valence-corrected chi connectivity index (χ4v) is 5.54. The Balaban J connectivity index is 2.17. The van der Waals surface area contributed by atoms with Crippen molar-refractivity contribution >= 4 is 27.5 Å². The third kappa shape index (κ3) is 3.49. The van der Waals surface area contributed by atoms with Crippen LogP contribution in [0.2, 0.25) is 9.26 Å². The molecule has 0 bridgehead atoms. The fourth-order valence-electron chi connectivity index (χ4n) is 1.88. The van der Waals surface area contributed by atoms with E-state index in [1.807, 2.05) is 42.5 Å².